The molecule has 1 aromatic carbocycles. The maximum atomic E-state index is 12.0. The minimum absolute atomic E-state index is 0.0595. The second kappa shape index (κ2) is 6.50. The van der Waals surface area contributed by atoms with Gasteiger partial charge in [-0.1, -0.05) is 19.3 Å². The second-order valence-electron chi connectivity index (χ2n) is 4.71. The molecular formula is C14H17F2NO2. The normalized spacial score (nSPS) is 16.4. The zero-order chi connectivity index (χ0) is 13.7. The van der Waals surface area contributed by atoms with Crippen LogP contribution in [0, 0.1) is 0 Å². The highest BCUT2D eigenvalue weighted by Gasteiger charge is 2.16. The van der Waals surface area contributed by atoms with E-state index in [2.05, 4.69) is 10.1 Å². The predicted octanol–water partition coefficient (Wildman–Crippen LogP) is 3.35. The molecule has 5 heteroatoms. The molecule has 1 amide bonds. The van der Waals surface area contributed by atoms with Crippen LogP contribution in [0.3, 0.4) is 0 Å². The standard InChI is InChI=1S/C14H17F2NO2/c15-14(16)19-12-8-6-10(7-9-12)13(18)17-11-4-2-1-3-5-11/h6-9,11,14H,1-5H2,(H,17,18). The molecule has 1 N–H and O–H groups in total. The third-order valence-electron chi connectivity index (χ3n) is 3.28. The Hall–Kier alpha value is -1.65. The lowest BCUT2D eigenvalue weighted by atomic mass is 9.95. The summed E-state index contributed by atoms with van der Waals surface area (Å²) in [6.45, 7) is -2.85. The van der Waals surface area contributed by atoms with Crippen LogP contribution in [-0.4, -0.2) is 18.6 Å². The van der Waals surface area contributed by atoms with Crippen molar-refractivity contribution < 1.29 is 18.3 Å². The van der Waals surface area contributed by atoms with E-state index in [4.69, 9.17) is 0 Å². The summed E-state index contributed by atoms with van der Waals surface area (Å²) in [5, 5.41) is 2.97. The van der Waals surface area contributed by atoms with Crippen LogP contribution in [0.25, 0.3) is 0 Å². The first-order valence-corrected chi connectivity index (χ1v) is 6.51. The number of alkyl halides is 2. The summed E-state index contributed by atoms with van der Waals surface area (Å²) >= 11 is 0. The van der Waals surface area contributed by atoms with Crippen molar-refractivity contribution in [1.29, 1.82) is 0 Å². The van der Waals surface area contributed by atoms with Gasteiger partial charge >= 0.3 is 6.61 Å². The molecule has 0 aliphatic heterocycles. The van der Waals surface area contributed by atoms with Crippen molar-refractivity contribution in [2.24, 2.45) is 0 Å². The maximum Gasteiger partial charge on any atom is 0.387 e. The van der Waals surface area contributed by atoms with E-state index in [1.54, 1.807) is 0 Å². The maximum absolute atomic E-state index is 12.0. The van der Waals surface area contributed by atoms with E-state index in [1.165, 1.54) is 30.7 Å². The van der Waals surface area contributed by atoms with Gasteiger partial charge in [0.2, 0.25) is 0 Å². The number of carbonyl (C=O) groups is 1. The van der Waals surface area contributed by atoms with Gasteiger partial charge in [-0.05, 0) is 37.1 Å². The zero-order valence-electron chi connectivity index (χ0n) is 10.6. The molecule has 2 rings (SSSR count). The van der Waals surface area contributed by atoms with Crippen LogP contribution in [-0.2, 0) is 0 Å². The Labute approximate surface area is 111 Å². The molecule has 0 bridgehead atoms. The van der Waals surface area contributed by atoms with Gasteiger partial charge in [0.05, 0.1) is 0 Å². The summed E-state index contributed by atoms with van der Waals surface area (Å²) < 4.78 is 28.2. The lowest BCUT2D eigenvalue weighted by Crippen LogP contribution is -2.36. The highest BCUT2D eigenvalue weighted by molar-refractivity contribution is 5.94. The quantitative estimate of drug-likeness (QED) is 0.910. The monoisotopic (exact) mass is 269 g/mol. The molecule has 1 fully saturated rings. The van der Waals surface area contributed by atoms with E-state index in [9.17, 15) is 13.6 Å². The van der Waals surface area contributed by atoms with Crippen molar-refractivity contribution in [2.45, 2.75) is 44.8 Å². The number of hydrogen-bond donors (Lipinski definition) is 1. The number of amides is 1. The molecule has 104 valence electrons. The molecule has 3 nitrogen and oxygen atoms in total. The van der Waals surface area contributed by atoms with Crippen molar-refractivity contribution in [1.82, 2.24) is 5.32 Å². The summed E-state index contributed by atoms with van der Waals surface area (Å²) in [7, 11) is 0. The lowest BCUT2D eigenvalue weighted by Gasteiger charge is -2.22. The average Bonchev–Trinajstić information content (AvgIpc) is 2.40. The van der Waals surface area contributed by atoms with Crippen molar-refractivity contribution >= 4 is 5.91 Å². The van der Waals surface area contributed by atoms with Crippen molar-refractivity contribution in [2.75, 3.05) is 0 Å². The number of rotatable bonds is 4. The van der Waals surface area contributed by atoms with Gasteiger partial charge in [-0.3, -0.25) is 4.79 Å². The Kier molecular flexibility index (Phi) is 4.71. The van der Waals surface area contributed by atoms with Crippen LogP contribution < -0.4 is 10.1 Å². The number of carbonyl (C=O) groups excluding carboxylic acids is 1. The third-order valence-corrected chi connectivity index (χ3v) is 3.28. The van der Waals surface area contributed by atoms with Gasteiger partial charge in [-0.15, -0.1) is 0 Å². The van der Waals surface area contributed by atoms with E-state index in [0.29, 0.717) is 5.56 Å². The fourth-order valence-electron chi connectivity index (χ4n) is 2.30. The summed E-state index contributed by atoms with van der Waals surface area (Å²) in [5.41, 5.74) is 0.465. The van der Waals surface area contributed by atoms with Crippen LogP contribution in [0.1, 0.15) is 42.5 Å². The molecule has 0 heterocycles. The molecule has 1 aromatic rings. The second-order valence-corrected chi connectivity index (χ2v) is 4.71. The topological polar surface area (TPSA) is 38.3 Å². The number of benzene rings is 1. The first-order valence-electron chi connectivity index (χ1n) is 6.51. The van der Waals surface area contributed by atoms with Gasteiger partial charge in [0, 0.05) is 11.6 Å². The Morgan fingerprint density at radius 2 is 1.79 bits per heavy atom. The number of hydrogen-bond acceptors (Lipinski definition) is 2. The van der Waals surface area contributed by atoms with E-state index in [-0.39, 0.29) is 17.7 Å². The summed E-state index contributed by atoms with van der Waals surface area (Å²) in [5.74, 6) is -0.0975. The number of halogens is 2. The van der Waals surface area contributed by atoms with Crippen LogP contribution in [0.4, 0.5) is 8.78 Å². The molecule has 1 aliphatic rings. The summed E-state index contributed by atoms with van der Waals surface area (Å²) in [4.78, 5) is 11.9. The van der Waals surface area contributed by atoms with Crippen LogP contribution in [0.15, 0.2) is 24.3 Å². The fraction of sp³-hybridized carbons (Fsp3) is 0.500. The average molecular weight is 269 g/mol. The van der Waals surface area contributed by atoms with E-state index >= 15 is 0 Å². The zero-order valence-corrected chi connectivity index (χ0v) is 10.6. The molecule has 0 spiro atoms. The Morgan fingerprint density at radius 3 is 2.37 bits per heavy atom. The molecule has 0 atom stereocenters. The summed E-state index contributed by atoms with van der Waals surface area (Å²) in [6.07, 6.45) is 5.54. The van der Waals surface area contributed by atoms with Crippen LogP contribution in [0.2, 0.25) is 0 Å². The lowest BCUT2D eigenvalue weighted by molar-refractivity contribution is -0.0498. The van der Waals surface area contributed by atoms with Crippen molar-refractivity contribution in [3.63, 3.8) is 0 Å². The highest BCUT2D eigenvalue weighted by atomic mass is 19.3. The fourth-order valence-corrected chi connectivity index (χ4v) is 2.30. The van der Waals surface area contributed by atoms with Gasteiger partial charge in [0.1, 0.15) is 5.75 Å². The highest BCUT2D eigenvalue weighted by Crippen LogP contribution is 2.19. The van der Waals surface area contributed by atoms with E-state index in [1.807, 2.05) is 0 Å². The van der Waals surface area contributed by atoms with Crippen molar-refractivity contribution in [3.8, 4) is 5.75 Å². The van der Waals surface area contributed by atoms with Crippen LogP contribution >= 0.6 is 0 Å². The molecular weight excluding hydrogens is 252 g/mol. The molecule has 0 aromatic heterocycles. The molecule has 19 heavy (non-hydrogen) atoms. The number of ether oxygens (including phenoxy) is 1. The largest absolute Gasteiger partial charge is 0.435 e. The van der Waals surface area contributed by atoms with Gasteiger partial charge in [-0.25, -0.2) is 0 Å². The minimum Gasteiger partial charge on any atom is -0.435 e. The molecule has 0 unspecified atom stereocenters. The first kappa shape index (κ1) is 13.8. The molecule has 1 saturated carbocycles. The SMILES string of the molecule is O=C(NC1CCCCC1)c1ccc(OC(F)F)cc1. The van der Waals surface area contributed by atoms with Gasteiger partial charge in [0.15, 0.2) is 0 Å². The summed E-state index contributed by atoms with van der Waals surface area (Å²) in [6, 6.07) is 5.98. The Balaban J connectivity index is 1.91. The first-order chi connectivity index (χ1) is 9.15. The molecule has 0 saturated heterocycles. The predicted molar refractivity (Wildman–Crippen MR) is 67.4 cm³/mol. The van der Waals surface area contributed by atoms with Crippen molar-refractivity contribution in [3.05, 3.63) is 29.8 Å². The third kappa shape index (κ3) is 4.19. The van der Waals surface area contributed by atoms with Crippen LogP contribution in [0.5, 0.6) is 5.75 Å². The Morgan fingerprint density at radius 1 is 1.16 bits per heavy atom. The molecule has 0 radical (unpaired) electrons. The Bertz CT molecular complexity index is 414. The van der Waals surface area contributed by atoms with E-state index < -0.39 is 6.61 Å². The van der Waals surface area contributed by atoms with Gasteiger partial charge in [-0.2, -0.15) is 8.78 Å². The number of nitrogens with one attached hydrogen (secondary N) is 1. The van der Waals surface area contributed by atoms with Gasteiger partial charge < -0.3 is 10.1 Å². The molecule has 1 aliphatic carbocycles. The van der Waals surface area contributed by atoms with E-state index in [0.717, 1.165) is 25.7 Å². The van der Waals surface area contributed by atoms with Gasteiger partial charge in [0.25, 0.3) is 5.91 Å². The minimum atomic E-state index is -2.85. The smallest absolute Gasteiger partial charge is 0.387 e.